The number of carbonyl (C=O) groups excluding carboxylic acids is 1. The average molecular weight is 403 g/mol. The summed E-state index contributed by atoms with van der Waals surface area (Å²) in [6.07, 6.45) is 3.93. The highest BCUT2D eigenvalue weighted by Gasteiger charge is 2.23. The van der Waals surface area contributed by atoms with Crippen molar-refractivity contribution in [1.82, 2.24) is 19.7 Å². The van der Waals surface area contributed by atoms with Crippen LogP contribution in [0.15, 0.2) is 42.6 Å². The summed E-state index contributed by atoms with van der Waals surface area (Å²) in [6.45, 7) is 5.67. The van der Waals surface area contributed by atoms with Gasteiger partial charge in [-0.05, 0) is 51.0 Å². The van der Waals surface area contributed by atoms with E-state index in [4.69, 9.17) is 15.7 Å². The Morgan fingerprint density at radius 1 is 1.23 bits per heavy atom. The molecule has 1 aliphatic rings. The van der Waals surface area contributed by atoms with Gasteiger partial charge in [-0.3, -0.25) is 9.20 Å². The van der Waals surface area contributed by atoms with Gasteiger partial charge in [0.1, 0.15) is 5.65 Å². The lowest BCUT2D eigenvalue weighted by Crippen LogP contribution is -2.43. The van der Waals surface area contributed by atoms with E-state index in [1.54, 1.807) is 0 Å². The van der Waals surface area contributed by atoms with E-state index >= 15 is 0 Å². The first-order valence-corrected chi connectivity index (χ1v) is 10.5. The molecule has 3 N–H and O–H groups in total. The second-order valence-corrected chi connectivity index (χ2v) is 8.36. The van der Waals surface area contributed by atoms with Crippen LogP contribution in [0.3, 0.4) is 0 Å². The third-order valence-electron chi connectivity index (χ3n) is 5.71. The molecule has 5 rings (SSSR count). The molecule has 3 aromatic heterocycles. The summed E-state index contributed by atoms with van der Waals surface area (Å²) in [6, 6.07) is 12.1. The van der Waals surface area contributed by atoms with Gasteiger partial charge in [-0.15, -0.1) is 0 Å². The number of para-hydroxylation sites is 2. The number of benzene rings is 1. The van der Waals surface area contributed by atoms with Gasteiger partial charge in [0.25, 0.3) is 5.91 Å². The number of imidazole rings is 1. The molecule has 30 heavy (non-hydrogen) atoms. The number of nitrogens with two attached hydrogens (primary N) is 1. The standard InChI is InChI=1S/C23H26N6O/c1-14(2)26-23(30)17-12-16-19(28-11-5-6-15(24)13-28)9-10-25-21(16)29-20-8-4-3-7-18(20)27-22(17)29/h3-4,7-10,12,14-15H,5-6,11,13,24H2,1-2H3,(H,26,30)/t15-/m1/s1. The Balaban J connectivity index is 1.83. The van der Waals surface area contributed by atoms with Crippen LogP contribution in [0.25, 0.3) is 27.7 Å². The Bertz CT molecular complexity index is 1260. The predicted octanol–water partition coefficient (Wildman–Crippen LogP) is 3.10. The molecule has 1 aromatic carbocycles. The molecule has 7 nitrogen and oxygen atoms in total. The lowest BCUT2D eigenvalue weighted by Gasteiger charge is -2.33. The molecule has 0 aliphatic carbocycles. The highest BCUT2D eigenvalue weighted by atomic mass is 16.1. The number of pyridine rings is 2. The van der Waals surface area contributed by atoms with Crippen molar-refractivity contribution in [3.63, 3.8) is 0 Å². The monoisotopic (exact) mass is 402 g/mol. The third kappa shape index (κ3) is 3.06. The van der Waals surface area contributed by atoms with Gasteiger partial charge in [0.05, 0.1) is 16.6 Å². The molecule has 0 radical (unpaired) electrons. The summed E-state index contributed by atoms with van der Waals surface area (Å²) in [5.74, 6) is -0.127. The van der Waals surface area contributed by atoms with Crippen molar-refractivity contribution < 1.29 is 4.79 Å². The van der Waals surface area contributed by atoms with Crippen LogP contribution in [0, 0.1) is 0 Å². The number of carbonyl (C=O) groups is 1. The number of anilines is 1. The molecule has 4 aromatic rings. The minimum absolute atomic E-state index is 0.0334. The van der Waals surface area contributed by atoms with Crippen LogP contribution in [-0.2, 0) is 0 Å². The molecule has 1 aliphatic heterocycles. The zero-order chi connectivity index (χ0) is 20.8. The summed E-state index contributed by atoms with van der Waals surface area (Å²) < 4.78 is 2.01. The topological polar surface area (TPSA) is 88.5 Å². The van der Waals surface area contributed by atoms with Crippen LogP contribution in [0.5, 0.6) is 0 Å². The number of nitrogens with zero attached hydrogens (tertiary/aromatic N) is 4. The molecule has 0 spiro atoms. The van der Waals surface area contributed by atoms with Crippen molar-refractivity contribution >= 4 is 39.3 Å². The summed E-state index contributed by atoms with van der Waals surface area (Å²) >= 11 is 0. The number of nitrogens with one attached hydrogen (secondary N) is 1. The Kier molecular flexibility index (Phi) is 4.55. The highest BCUT2D eigenvalue weighted by Crippen LogP contribution is 2.32. The minimum Gasteiger partial charge on any atom is -0.369 e. The van der Waals surface area contributed by atoms with Crippen molar-refractivity contribution in [3.05, 3.63) is 48.2 Å². The second-order valence-electron chi connectivity index (χ2n) is 8.36. The first-order chi connectivity index (χ1) is 14.5. The highest BCUT2D eigenvalue weighted by molar-refractivity contribution is 6.07. The summed E-state index contributed by atoms with van der Waals surface area (Å²) in [5.41, 5.74) is 11.1. The molecule has 0 saturated carbocycles. The third-order valence-corrected chi connectivity index (χ3v) is 5.71. The molecule has 154 valence electrons. The maximum absolute atomic E-state index is 13.1. The Hall–Kier alpha value is -3.19. The number of hydrogen-bond acceptors (Lipinski definition) is 5. The van der Waals surface area contributed by atoms with E-state index in [-0.39, 0.29) is 18.0 Å². The van der Waals surface area contributed by atoms with Crippen LogP contribution in [0.4, 0.5) is 5.69 Å². The number of piperidine rings is 1. The van der Waals surface area contributed by atoms with Gasteiger partial charge in [-0.25, -0.2) is 9.97 Å². The number of aromatic nitrogens is 3. The first-order valence-electron chi connectivity index (χ1n) is 10.5. The van der Waals surface area contributed by atoms with Gasteiger partial charge in [-0.1, -0.05) is 12.1 Å². The maximum atomic E-state index is 13.1. The van der Waals surface area contributed by atoms with E-state index in [0.717, 1.165) is 53.7 Å². The van der Waals surface area contributed by atoms with E-state index in [9.17, 15) is 4.79 Å². The fourth-order valence-corrected chi connectivity index (χ4v) is 4.41. The van der Waals surface area contributed by atoms with Gasteiger partial charge >= 0.3 is 0 Å². The lowest BCUT2D eigenvalue weighted by molar-refractivity contribution is 0.0944. The van der Waals surface area contributed by atoms with E-state index in [2.05, 4.69) is 10.2 Å². The predicted molar refractivity (Wildman–Crippen MR) is 120 cm³/mol. The molecule has 1 amide bonds. The zero-order valence-corrected chi connectivity index (χ0v) is 17.3. The molecule has 1 saturated heterocycles. The van der Waals surface area contributed by atoms with Crippen LogP contribution in [-0.4, -0.2) is 45.4 Å². The number of fused-ring (bicyclic) bond motifs is 5. The van der Waals surface area contributed by atoms with Crippen molar-refractivity contribution in [2.24, 2.45) is 5.73 Å². The van der Waals surface area contributed by atoms with Gasteiger partial charge in [0.2, 0.25) is 0 Å². The minimum atomic E-state index is -0.127. The molecular weight excluding hydrogens is 376 g/mol. The molecular formula is C23H26N6O. The van der Waals surface area contributed by atoms with Crippen molar-refractivity contribution in [2.75, 3.05) is 18.0 Å². The zero-order valence-electron chi connectivity index (χ0n) is 17.3. The summed E-state index contributed by atoms with van der Waals surface area (Å²) in [5, 5.41) is 3.96. The van der Waals surface area contributed by atoms with E-state index in [1.807, 2.05) is 60.8 Å². The van der Waals surface area contributed by atoms with Crippen LogP contribution >= 0.6 is 0 Å². The lowest BCUT2D eigenvalue weighted by atomic mass is 10.0. The molecule has 4 heterocycles. The smallest absolute Gasteiger partial charge is 0.255 e. The van der Waals surface area contributed by atoms with Crippen LogP contribution in [0.2, 0.25) is 0 Å². The van der Waals surface area contributed by atoms with Gasteiger partial charge in [0, 0.05) is 42.4 Å². The Morgan fingerprint density at radius 3 is 2.87 bits per heavy atom. The van der Waals surface area contributed by atoms with E-state index < -0.39 is 0 Å². The second kappa shape index (κ2) is 7.25. The van der Waals surface area contributed by atoms with Crippen LogP contribution < -0.4 is 16.0 Å². The largest absolute Gasteiger partial charge is 0.369 e. The van der Waals surface area contributed by atoms with Crippen molar-refractivity contribution in [1.29, 1.82) is 0 Å². The number of hydrogen-bond donors (Lipinski definition) is 2. The Labute approximate surface area is 174 Å². The molecule has 0 unspecified atom stereocenters. The fraction of sp³-hybridized carbons (Fsp3) is 0.348. The van der Waals surface area contributed by atoms with E-state index in [1.165, 1.54) is 0 Å². The van der Waals surface area contributed by atoms with E-state index in [0.29, 0.717) is 11.2 Å². The van der Waals surface area contributed by atoms with Crippen molar-refractivity contribution in [2.45, 2.75) is 38.8 Å². The molecule has 1 atom stereocenters. The summed E-state index contributed by atoms with van der Waals surface area (Å²) in [4.78, 5) is 24.9. The summed E-state index contributed by atoms with van der Waals surface area (Å²) in [7, 11) is 0. The fourth-order valence-electron chi connectivity index (χ4n) is 4.41. The molecule has 7 heteroatoms. The molecule has 0 bridgehead atoms. The molecule has 1 fully saturated rings. The van der Waals surface area contributed by atoms with Gasteiger partial charge in [0.15, 0.2) is 5.65 Å². The number of rotatable bonds is 3. The normalized spacial score (nSPS) is 17.3. The Morgan fingerprint density at radius 2 is 2.07 bits per heavy atom. The van der Waals surface area contributed by atoms with Crippen LogP contribution in [0.1, 0.15) is 37.0 Å². The SMILES string of the molecule is CC(C)NC(=O)c1cc2c(N3CCC[C@@H](N)C3)ccnc2n2c1nc1ccccc12. The van der Waals surface area contributed by atoms with Gasteiger partial charge < -0.3 is 16.0 Å². The average Bonchev–Trinajstić information content (AvgIpc) is 3.12. The van der Waals surface area contributed by atoms with Gasteiger partial charge in [-0.2, -0.15) is 0 Å². The maximum Gasteiger partial charge on any atom is 0.255 e. The first kappa shape index (κ1) is 18.8. The number of amides is 1. The van der Waals surface area contributed by atoms with Crippen molar-refractivity contribution in [3.8, 4) is 0 Å². The quantitative estimate of drug-likeness (QED) is 0.550.